The Morgan fingerprint density at radius 1 is 1.17 bits per heavy atom. The summed E-state index contributed by atoms with van der Waals surface area (Å²) in [5.74, 6) is 0.363. The van der Waals surface area contributed by atoms with Gasteiger partial charge in [0.2, 0.25) is 15.9 Å². The summed E-state index contributed by atoms with van der Waals surface area (Å²) < 4.78 is 28.5. The number of nitrogens with one attached hydrogen (secondary N) is 1. The molecule has 0 radical (unpaired) electrons. The Balaban J connectivity index is 1.81. The number of amides is 1. The number of hydrogen-bond acceptors (Lipinski definition) is 6. The fourth-order valence-electron chi connectivity index (χ4n) is 3.11. The summed E-state index contributed by atoms with van der Waals surface area (Å²) in [5, 5.41) is 7.09. The minimum Gasteiger partial charge on any atom is -0.326 e. The van der Waals surface area contributed by atoms with Crippen LogP contribution < -0.4 is 5.32 Å². The van der Waals surface area contributed by atoms with Crippen LogP contribution in [0.1, 0.15) is 31.1 Å². The Bertz CT molecular complexity index is 1200. The SMILES string of the molecule is CCN(CC)S(=O)(=O)c1cc(NC(=O)Cc2nc3nc(C)cc(C)n3n2)ccc1Cl. The largest absolute Gasteiger partial charge is 0.326 e. The van der Waals surface area contributed by atoms with Gasteiger partial charge < -0.3 is 5.32 Å². The van der Waals surface area contributed by atoms with Gasteiger partial charge >= 0.3 is 0 Å². The zero-order chi connectivity index (χ0) is 22.1. The molecule has 1 amide bonds. The van der Waals surface area contributed by atoms with Gasteiger partial charge in [0.25, 0.3) is 5.78 Å². The minimum atomic E-state index is -3.76. The maximum Gasteiger partial charge on any atom is 0.252 e. The molecule has 30 heavy (non-hydrogen) atoms. The third-order valence-electron chi connectivity index (χ3n) is 4.52. The second-order valence-corrected chi connectivity index (χ2v) is 9.05. The van der Waals surface area contributed by atoms with Crippen LogP contribution in [0.5, 0.6) is 0 Å². The predicted octanol–water partition coefficient (Wildman–Crippen LogP) is 2.61. The Morgan fingerprint density at radius 3 is 2.53 bits per heavy atom. The van der Waals surface area contributed by atoms with Crippen molar-refractivity contribution in [3.63, 3.8) is 0 Å². The number of nitrogens with zero attached hydrogens (tertiary/aromatic N) is 5. The second kappa shape index (κ2) is 8.66. The second-order valence-electron chi connectivity index (χ2n) is 6.74. The maximum absolute atomic E-state index is 12.8. The van der Waals surface area contributed by atoms with Gasteiger partial charge in [-0.05, 0) is 38.1 Å². The first kappa shape index (κ1) is 22.1. The number of sulfonamides is 1. The van der Waals surface area contributed by atoms with Crippen molar-refractivity contribution in [1.29, 1.82) is 0 Å². The smallest absolute Gasteiger partial charge is 0.252 e. The van der Waals surface area contributed by atoms with E-state index in [2.05, 4.69) is 20.4 Å². The summed E-state index contributed by atoms with van der Waals surface area (Å²) in [6.45, 7) is 7.88. The maximum atomic E-state index is 12.8. The highest BCUT2D eigenvalue weighted by atomic mass is 35.5. The Hall–Kier alpha value is -2.56. The number of halogens is 1. The van der Waals surface area contributed by atoms with Gasteiger partial charge in [-0.3, -0.25) is 4.79 Å². The van der Waals surface area contributed by atoms with Crippen LogP contribution in [0.3, 0.4) is 0 Å². The van der Waals surface area contributed by atoms with Crippen LogP contribution in [0.15, 0.2) is 29.2 Å². The molecule has 3 rings (SSSR count). The molecular weight excluding hydrogens is 428 g/mol. The molecule has 2 heterocycles. The lowest BCUT2D eigenvalue weighted by molar-refractivity contribution is -0.115. The van der Waals surface area contributed by atoms with Crippen molar-refractivity contribution in [1.82, 2.24) is 23.9 Å². The third kappa shape index (κ3) is 4.45. The van der Waals surface area contributed by atoms with E-state index in [-0.39, 0.29) is 22.2 Å². The van der Waals surface area contributed by atoms with Crippen LogP contribution in [0, 0.1) is 13.8 Å². The van der Waals surface area contributed by atoms with Crippen LogP contribution >= 0.6 is 11.6 Å². The van der Waals surface area contributed by atoms with E-state index in [1.165, 1.54) is 16.4 Å². The van der Waals surface area contributed by atoms with Crippen molar-refractivity contribution in [2.24, 2.45) is 0 Å². The molecule has 1 N–H and O–H groups in total. The molecule has 3 aromatic rings. The Labute approximate surface area is 180 Å². The van der Waals surface area contributed by atoms with Gasteiger partial charge in [-0.2, -0.15) is 9.29 Å². The topological polar surface area (TPSA) is 110 Å². The lowest BCUT2D eigenvalue weighted by Gasteiger charge is -2.19. The summed E-state index contributed by atoms with van der Waals surface area (Å²) in [6.07, 6.45) is -0.0808. The molecule has 0 saturated carbocycles. The van der Waals surface area contributed by atoms with E-state index >= 15 is 0 Å². The Kier molecular flexibility index (Phi) is 6.39. The number of aromatic nitrogens is 4. The fraction of sp³-hybridized carbons (Fsp3) is 0.368. The van der Waals surface area contributed by atoms with Crippen molar-refractivity contribution in [3.8, 4) is 0 Å². The summed E-state index contributed by atoms with van der Waals surface area (Å²) >= 11 is 6.13. The van der Waals surface area contributed by atoms with Crippen LogP contribution in [0.2, 0.25) is 5.02 Å². The summed E-state index contributed by atoms with van der Waals surface area (Å²) in [5.41, 5.74) is 2.00. The van der Waals surface area contributed by atoms with E-state index in [0.717, 1.165) is 11.4 Å². The molecule has 2 aromatic heterocycles. The number of rotatable bonds is 7. The molecule has 0 spiro atoms. The van der Waals surface area contributed by atoms with Gasteiger partial charge in [0, 0.05) is 30.2 Å². The van der Waals surface area contributed by atoms with E-state index in [1.54, 1.807) is 24.4 Å². The molecule has 0 bridgehead atoms. The van der Waals surface area contributed by atoms with Gasteiger partial charge in [-0.25, -0.2) is 17.9 Å². The van der Waals surface area contributed by atoms with Gasteiger partial charge in [-0.15, -0.1) is 5.10 Å². The average Bonchev–Trinajstić information content (AvgIpc) is 3.06. The molecule has 160 valence electrons. The molecule has 0 aliphatic heterocycles. The van der Waals surface area contributed by atoms with Gasteiger partial charge in [-0.1, -0.05) is 25.4 Å². The zero-order valence-corrected chi connectivity index (χ0v) is 18.8. The molecule has 0 saturated heterocycles. The van der Waals surface area contributed by atoms with Crippen LogP contribution in [-0.2, 0) is 21.2 Å². The van der Waals surface area contributed by atoms with Crippen molar-refractivity contribution in [2.45, 2.75) is 39.0 Å². The van der Waals surface area contributed by atoms with Crippen molar-refractivity contribution in [2.75, 3.05) is 18.4 Å². The molecule has 0 fully saturated rings. The van der Waals surface area contributed by atoms with Gasteiger partial charge in [0.1, 0.15) is 4.90 Å². The van der Waals surface area contributed by atoms with E-state index in [1.807, 2.05) is 19.9 Å². The van der Waals surface area contributed by atoms with Crippen LogP contribution in [-0.4, -0.2) is 51.3 Å². The first-order valence-electron chi connectivity index (χ1n) is 9.45. The first-order chi connectivity index (χ1) is 14.1. The monoisotopic (exact) mass is 450 g/mol. The molecule has 0 aliphatic rings. The molecular formula is C19H23ClN6O3S. The van der Waals surface area contributed by atoms with E-state index in [4.69, 9.17) is 11.6 Å². The standard InChI is InChI=1S/C19H23ClN6O3S/c1-5-25(6-2)30(28,29)16-10-14(7-8-15(16)20)22-18(27)11-17-23-19-21-12(3)9-13(4)26(19)24-17/h7-10H,5-6,11H2,1-4H3,(H,22,27). The molecule has 1 aromatic carbocycles. The van der Waals surface area contributed by atoms with Gasteiger partial charge in [0.15, 0.2) is 5.82 Å². The quantitative estimate of drug-likeness (QED) is 0.592. The molecule has 11 heteroatoms. The first-order valence-corrected chi connectivity index (χ1v) is 11.3. The summed E-state index contributed by atoms with van der Waals surface area (Å²) in [7, 11) is -3.76. The molecule has 0 aliphatic carbocycles. The van der Waals surface area contributed by atoms with Gasteiger partial charge in [0.05, 0.1) is 11.4 Å². The van der Waals surface area contributed by atoms with E-state index in [9.17, 15) is 13.2 Å². The van der Waals surface area contributed by atoms with Crippen molar-refractivity contribution in [3.05, 3.63) is 46.5 Å². The number of benzene rings is 1. The fourth-order valence-corrected chi connectivity index (χ4v) is 5.07. The number of hydrogen-bond donors (Lipinski definition) is 1. The Morgan fingerprint density at radius 2 is 1.87 bits per heavy atom. The molecule has 0 atom stereocenters. The summed E-state index contributed by atoms with van der Waals surface area (Å²) in [4.78, 5) is 21.0. The predicted molar refractivity (Wildman–Crippen MR) is 114 cm³/mol. The summed E-state index contributed by atoms with van der Waals surface area (Å²) in [6, 6.07) is 6.23. The molecule has 0 unspecified atom stereocenters. The third-order valence-corrected chi connectivity index (χ3v) is 7.05. The zero-order valence-electron chi connectivity index (χ0n) is 17.2. The highest BCUT2D eigenvalue weighted by Crippen LogP contribution is 2.27. The lowest BCUT2D eigenvalue weighted by Crippen LogP contribution is -2.31. The number of fused-ring (bicyclic) bond motifs is 1. The van der Waals surface area contributed by atoms with E-state index < -0.39 is 10.0 Å². The van der Waals surface area contributed by atoms with E-state index in [0.29, 0.717) is 30.4 Å². The number of carbonyl (C=O) groups excluding carboxylic acids is 1. The lowest BCUT2D eigenvalue weighted by atomic mass is 10.3. The van der Waals surface area contributed by atoms with Crippen molar-refractivity contribution >= 4 is 39.0 Å². The normalized spacial score (nSPS) is 11.9. The van der Waals surface area contributed by atoms with Crippen LogP contribution in [0.4, 0.5) is 5.69 Å². The average molecular weight is 451 g/mol. The highest BCUT2D eigenvalue weighted by Gasteiger charge is 2.25. The number of aryl methyl sites for hydroxylation is 2. The van der Waals surface area contributed by atoms with Crippen molar-refractivity contribution < 1.29 is 13.2 Å². The number of carbonyl (C=O) groups is 1. The molecule has 9 nitrogen and oxygen atoms in total. The highest BCUT2D eigenvalue weighted by molar-refractivity contribution is 7.89. The minimum absolute atomic E-state index is 0.0492. The number of anilines is 1. The van der Waals surface area contributed by atoms with Crippen LogP contribution in [0.25, 0.3) is 5.78 Å².